The molecule has 1 atom stereocenters. The number of rotatable bonds is 7. The van der Waals surface area contributed by atoms with E-state index in [0.29, 0.717) is 25.2 Å². The number of nitrogens with zero attached hydrogens (tertiary/aromatic N) is 2. The van der Waals surface area contributed by atoms with E-state index in [2.05, 4.69) is 15.2 Å². The summed E-state index contributed by atoms with van der Waals surface area (Å²) in [7, 11) is 0. The second kappa shape index (κ2) is 8.41. The van der Waals surface area contributed by atoms with Gasteiger partial charge >= 0.3 is 0 Å². The number of carbonyl (C=O) groups excluding carboxylic acids is 1. The highest BCUT2D eigenvalue weighted by Crippen LogP contribution is 2.25. The number of pyridine rings is 1. The first kappa shape index (κ1) is 16.4. The summed E-state index contributed by atoms with van der Waals surface area (Å²) in [5.41, 5.74) is 1.03. The van der Waals surface area contributed by atoms with Crippen molar-refractivity contribution in [1.82, 2.24) is 15.2 Å². The van der Waals surface area contributed by atoms with Gasteiger partial charge in [0.2, 0.25) is 5.91 Å². The lowest BCUT2D eigenvalue weighted by atomic mass is 10.1. The Morgan fingerprint density at radius 3 is 2.87 bits per heavy atom. The van der Waals surface area contributed by atoms with Gasteiger partial charge in [-0.15, -0.1) is 0 Å². The smallest absolute Gasteiger partial charge is 0.234 e. The predicted octanol–water partition coefficient (Wildman–Crippen LogP) is 2.12. The Balaban J connectivity index is 1.50. The van der Waals surface area contributed by atoms with Crippen LogP contribution in [-0.2, 0) is 16.1 Å². The summed E-state index contributed by atoms with van der Waals surface area (Å²) in [4.78, 5) is 18.8. The summed E-state index contributed by atoms with van der Waals surface area (Å²) in [6.07, 6.45) is 11.1. The fourth-order valence-corrected chi connectivity index (χ4v) is 3.61. The average Bonchev–Trinajstić information content (AvgIpc) is 3.27. The van der Waals surface area contributed by atoms with E-state index in [0.717, 1.165) is 31.6 Å². The summed E-state index contributed by atoms with van der Waals surface area (Å²) in [6, 6.07) is 4.42. The number of aromatic nitrogens is 1. The molecule has 5 heteroatoms. The van der Waals surface area contributed by atoms with Gasteiger partial charge in [0.15, 0.2) is 0 Å². The molecule has 5 nitrogen and oxygen atoms in total. The van der Waals surface area contributed by atoms with Crippen molar-refractivity contribution in [3.8, 4) is 0 Å². The summed E-state index contributed by atoms with van der Waals surface area (Å²) in [6.45, 7) is 2.79. The summed E-state index contributed by atoms with van der Waals surface area (Å²) in [5, 5.41) is 3.02. The summed E-state index contributed by atoms with van der Waals surface area (Å²) >= 11 is 0. The molecule has 1 N–H and O–H groups in total. The number of nitrogens with one attached hydrogen (secondary N) is 1. The van der Waals surface area contributed by atoms with Gasteiger partial charge in [-0.3, -0.25) is 14.7 Å². The van der Waals surface area contributed by atoms with E-state index in [-0.39, 0.29) is 5.91 Å². The van der Waals surface area contributed by atoms with Crippen LogP contribution in [-0.4, -0.2) is 47.6 Å². The molecule has 1 aliphatic carbocycles. The molecule has 1 aromatic heterocycles. The van der Waals surface area contributed by atoms with Crippen molar-refractivity contribution in [3.05, 3.63) is 30.1 Å². The van der Waals surface area contributed by atoms with Crippen molar-refractivity contribution in [2.75, 3.05) is 19.7 Å². The minimum Gasteiger partial charge on any atom is -0.377 e. The molecule has 1 aromatic rings. The third-order valence-electron chi connectivity index (χ3n) is 4.86. The van der Waals surface area contributed by atoms with Gasteiger partial charge in [0.05, 0.1) is 12.6 Å². The third kappa shape index (κ3) is 5.01. The lowest BCUT2D eigenvalue weighted by Gasteiger charge is -2.30. The van der Waals surface area contributed by atoms with E-state index in [1.54, 1.807) is 12.4 Å². The lowest BCUT2D eigenvalue weighted by molar-refractivity contribution is -0.123. The van der Waals surface area contributed by atoms with Gasteiger partial charge in [-0.25, -0.2) is 0 Å². The Morgan fingerprint density at radius 1 is 1.30 bits per heavy atom. The van der Waals surface area contributed by atoms with Crippen molar-refractivity contribution in [3.63, 3.8) is 0 Å². The Labute approximate surface area is 138 Å². The van der Waals surface area contributed by atoms with Crippen molar-refractivity contribution in [2.45, 2.75) is 57.2 Å². The van der Waals surface area contributed by atoms with Crippen LogP contribution in [0.25, 0.3) is 0 Å². The van der Waals surface area contributed by atoms with E-state index in [4.69, 9.17) is 4.74 Å². The topological polar surface area (TPSA) is 54.5 Å². The molecule has 2 heterocycles. The Hall–Kier alpha value is -1.46. The minimum atomic E-state index is 0.0961. The second-order valence-electron chi connectivity index (χ2n) is 6.64. The van der Waals surface area contributed by atoms with E-state index in [1.807, 2.05) is 12.1 Å². The molecule has 1 saturated heterocycles. The van der Waals surface area contributed by atoms with E-state index >= 15 is 0 Å². The van der Waals surface area contributed by atoms with Crippen LogP contribution in [0.15, 0.2) is 24.5 Å². The van der Waals surface area contributed by atoms with Gasteiger partial charge in [-0.05, 0) is 37.3 Å². The van der Waals surface area contributed by atoms with E-state index in [9.17, 15) is 4.79 Å². The zero-order chi connectivity index (χ0) is 15.9. The maximum absolute atomic E-state index is 12.3. The number of carbonyl (C=O) groups is 1. The number of amides is 1. The van der Waals surface area contributed by atoms with Crippen molar-refractivity contribution in [1.29, 1.82) is 0 Å². The van der Waals surface area contributed by atoms with Crippen LogP contribution in [0.4, 0.5) is 0 Å². The zero-order valence-electron chi connectivity index (χ0n) is 13.7. The minimum absolute atomic E-state index is 0.0961. The van der Waals surface area contributed by atoms with Crippen LogP contribution >= 0.6 is 0 Å². The number of hydrogen-bond donors (Lipinski definition) is 1. The molecular weight excluding hydrogens is 290 g/mol. The molecule has 0 aromatic carbocycles. The molecule has 23 heavy (non-hydrogen) atoms. The van der Waals surface area contributed by atoms with E-state index < -0.39 is 0 Å². The molecule has 1 aliphatic heterocycles. The molecule has 1 amide bonds. The highest BCUT2D eigenvalue weighted by molar-refractivity contribution is 5.78. The molecule has 0 bridgehead atoms. The lowest BCUT2D eigenvalue weighted by Crippen LogP contribution is -2.45. The van der Waals surface area contributed by atoms with Crippen LogP contribution in [0.3, 0.4) is 0 Å². The fourth-order valence-electron chi connectivity index (χ4n) is 3.61. The second-order valence-corrected chi connectivity index (χ2v) is 6.64. The summed E-state index contributed by atoms with van der Waals surface area (Å²) < 4.78 is 5.77. The highest BCUT2D eigenvalue weighted by Gasteiger charge is 2.28. The quantitative estimate of drug-likeness (QED) is 0.837. The van der Waals surface area contributed by atoms with Crippen LogP contribution in [0.1, 0.15) is 44.1 Å². The fraction of sp³-hybridized carbons (Fsp3) is 0.667. The molecule has 1 saturated carbocycles. The highest BCUT2D eigenvalue weighted by atomic mass is 16.5. The van der Waals surface area contributed by atoms with Crippen LogP contribution in [0.2, 0.25) is 0 Å². The van der Waals surface area contributed by atoms with Gasteiger partial charge in [0.1, 0.15) is 0 Å². The van der Waals surface area contributed by atoms with Crippen LogP contribution in [0, 0.1) is 0 Å². The van der Waals surface area contributed by atoms with Crippen LogP contribution < -0.4 is 5.32 Å². The number of ether oxygens (including phenoxy) is 1. The molecule has 2 aliphatic rings. The molecular formula is C18H27N3O2. The predicted molar refractivity (Wildman–Crippen MR) is 88.9 cm³/mol. The first-order valence-electron chi connectivity index (χ1n) is 8.82. The monoisotopic (exact) mass is 317 g/mol. The van der Waals surface area contributed by atoms with Gasteiger partial charge in [-0.1, -0.05) is 18.9 Å². The largest absolute Gasteiger partial charge is 0.377 e. The summed E-state index contributed by atoms with van der Waals surface area (Å²) in [5.74, 6) is 0.0961. The first-order valence-corrected chi connectivity index (χ1v) is 8.82. The molecule has 0 unspecified atom stereocenters. The Bertz CT molecular complexity index is 482. The van der Waals surface area contributed by atoms with Crippen LogP contribution in [0.5, 0.6) is 0 Å². The molecule has 0 radical (unpaired) electrons. The Kier molecular flexibility index (Phi) is 6.00. The maximum Gasteiger partial charge on any atom is 0.234 e. The zero-order valence-corrected chi connectivity index (χ0v) is 13.7. The standard InChI is InChI=1S/C18H27N3O2/c22-18(20-12-15-5-3-9-19-11-15)14-21(16-6-1-2-7-16)13-17-8-4-10-23-17/h3,5,9,11,16-17H,1-2,4,6-8,10,12-14H2,(H,20,22)/t17-/m1/s1. The molecule has 0 spiro atoms. The van der Waals surface area contributed by atoms with Gasteiger partial charge in [0, 0.05) is 38.1 Å². The number of hydrogen-bond acceptors (Lipinski definition) is 4. The van der Waals surface area contributed by atoms with E-state index in [1.165, 1.54) is 25.7 Å². The third-order valence-corrected chi connectivity index (χ3v) is 4.86. The normalized spacial score (nSPS) is 21.9. The van der Waals surface area contributed by atoms with Crippen molar-refractivity contribution >= 4 is 5.91 Å². The SMILES string of the molecule is O=C(CN(C[C@H]1CCCO1)C1CCCC1)NCc1cccnc1. The van der Waals surface area contributed by atoms with Gasteiger partial charge < -0.3 is 10.1 Å². The van der Waals surface area contributed by atoms with Crippen molar-refractivity contribution in [2.24, 2.45) is 0 Å². The molecule has 2 fully saturated rings. The Morgan fingerprint density at radius 2 is 2.17 bits per heavy atom. The van der Waals surface area contributed by atoms with Gasteiger partial charge in [0.25, 0.3) is 0 Å². The van der Waals surface area contributed by atoms with Gasteiger partial charge in [-0.2, -0.15) is 0 Å². The maximum atomic E-state index is 12.3. The molecule has 126 valence electrons. The average molecular weight is 317 g/mol. The molecule has 3 rings (SSSR count). The van der Waals surface area contributed by atoms with Crippen molar-refractivity contribution < 1.29 is 9.53 Å². The first-order chi connectivity index (χ1) is 11.3.